The van der Waals surface area contributed by atoms with Crippen LogP contribution in [0.3, 0.4) is 0 Å². The van der Waals surface area contributed by atoms with Crippen LogP contribution in [0.25, 0.3) is 143 Å². The number of rotatable bonds is 7. The molecule has 3 heterocycles. The fraction of sp³-hybridized carbons (Fsp3) is 0.0680. The molecule has 0 unspecified atom stereocenters. The van der Waals surface area contributed by atoms with E-state index in [1.165, 1.54) is 160 Å². The molecule has 0 bridgehead atoms. The molecular formula is C103H86N2O. The Morgan fingerprint density at radius 3 is 0.934 bits per heavy atom. The van der Waals surface area contributed by atoms with Gasteiger partial charge in [-0.3, -0.25) is 0 Å². The molecule has 0 fully saturated rings. The third-order valence-electron chi connectivity index (χ3n) is 19.7. The van der Waals surface area contributed by atoms with Crippen molar-refractivity contribution in [3.8, 4) is 77.9 Å². The lowest BCUT2D eigenvalue weighted by molar-refractivity contribution is 0.666. The van der Waals surface area contributed by atoms with E-state index in [0.717, 1.165) is 11.2 Å². The molecule has 0 radical (unpaired) electrons. The Morgan fingerprint density at radius 2 is 0.472 bits per heavy atom. The topological polar surface area (TPSA) is 23.0 Å². The number of benzene rings is 16. The molecule has 16 aromatic carbocycles. The van der Waals surface area contributed by atoms with Crippen LogP contribution in [0.2, 0.25) is 0 Å². The highest BCUT2D eigenvalue weighted by Crippen LogP contribution is 2.38. The van der Waals surface area contributed by atoms with Gasteiger partial charge >= 0.3 is 0 Å². The standard InChI is InChI=1S/C38H28N2.C19H16.C13H10O.2C13H12.C7H8/c1-39-35-11-7-6-10-31(35)32-23-29(17-20-36(32)39)30-18-21-38-34(24-30)33-22-28(16-19-37(33)40(38)2)27-14-12-26(13-15-27)25-8-4-3-5-9-25;1-15-12-18(16-8-4-2-5-9-16)14-19(13-15)17-10-6-3-7-11-17;1-9-5-4-7-11-10-6-2-3-8-12(10)14-13(9)11;1-11-6-5-9-13(10-11)12-7-3-2-4-8-12;1-11-7-9-13(10-8-11)12-5-3-2-4-6-12;1-7-5-3-2-4-6-7/h3-24H,1-2H3;2-14H,1H3;2-8H,1H3;2*2-10H,1H3;2-6H,1H3. The van der Waals surface area contributed by atoms with Gasteiger partial charge in [-0.1, -0.05) is 356 Å². The summed E-state index contributed by atoms with van der Waals surface area (Å²) in [5.74, 6) is 0. The third-order valence-corrected chi connectivity index (χ3v) is 19.7. The van der Waals surface area contributed by atoms with E-state index < -0.39 is 0 Å². The van der Waals surface area contributed by atoms with E-state index in [1.807, 2.05) is 48.5 Å². The molecule has 3 heteroatoms. The summed E-state index contributed by atoms with van der Waals surface area (Å²) in [5.41, 5.74) is 31.1. The van der Waals surface area contributed by atoms with E-state index >= 15 is 0 Å². The second kappa shape index (κ2) is 32.9. The van der Waals surface area contributed by atoms with E-state index in [2.05, 4.69) is 404 Å². The first-order valence-electron chi connectivity index (χ1n) is 36.5. The number of fused-ring (bicyclic) bond motifs is 9. The van der Waals surface area contributed by atoms with Crippen molar-refractivity contribution in [2.75, 3.05) is 0 Å². The van der Waals surface area contributed by atoms with E-state index in [1.54, 1.807) is 0 Å². The summed E-state index contributed by atoms with van der Waals surface area (Å²) in [4.78, 5) is 0. The zero-order valence-corrected chi connectivity index (χ0v) is 61.3. The maximum absolute atomic E-state index is 5.78. The molecule has 0 atom stereocenters. The summed E-state index contributed by atoms with van der Waals surface area (Å²) in [7, 11) is 4.32. The van der Waals surface area contributed by atoms with E-state index in [9.17, 15) is 0 Å². The number of aryl methyl sites for hydroxylation is 7. The van der Waals surface area contributed by atoms with Gasteiger partial charge in [-0.2, -0.15) is 0 Å². The fourth-order valence-electron chi connectivity index (χ4n) is 14.0. The van der Waals surface area contributed by atoms with Gasteiger partial charge < -0.3 is 13.6 Å². The van der Waals surface area contributed by atoms with Gasteiger partial charge in [0.05, 0.1) is 0 Å². The van der Waals surface area contributed by atoms with Crippen LogP contribution in [0.1, 0.15) is 27.8 Å². The number of nitrogens with zero attached hydrogens (tertiary/aromatic N) is 2. The van der Waals surface area contributed by atoms with Gasteiger partial charge in [0, 0.05) is 68.5 Å². The molecule has 0 aliphatic heterocycles. The molecule has 0 aliphatic rings. The van der Waals surface area contributed by atoms with Crippen LogP contribution < -0.4 is 0 Å². The molecule has 0 aliphatic carbocycles. The minimum atomic E-state index is 0.969. The molecule has 0 saturated carbocycles. The Morgan fingerprint density at radius 1 is 0.179 bits per heavy atom. The maximum Gasteiger partial charge on any atom is 0.138 e. The van der Waals surface area contributed by atoms with Crippen molar-refractivity contribution >= 4 is 65.6 Å². The van der Waals surface area contributed by atoms with Crippen LogP contribution >= 0.6 is 0 Å². The number of aromatic nitrogens is 2. The van der Waals surface area contributed by atoms with Crippen molar-refractivity contribution < 1.29 is 4.42 Å². The molecule has 19 rings (SSSR count). The molecule has 3 nitrogen and oxygen atoms in total. The lowest BCUT2D eigenvalue weighted by Gasteiger charge is -2.08. The molecule has 514 valence electrons. The Hall–Kier alpha value is -13.1. The van der Waals surface area contributed by atoms with Gasteiger partial charge in [0.15, 0.2) is 0 Å². The first-order valence-corrected chi connectivity index (χ1v) is 36.5. The second-order valence-electron chi connectivity index (χ2n) is 27.3. The highest BCUT2D eigenvalue weighted by atomic mass is 16.3. The van der Waals surface area contributed by atoms with Crippen LogP contribution in [-0.2, 0) is 14.1 Å². The summed E-state index contributed by atoms with van der Waals surface area (Å²) in [6, 6.07) is 139. The third kappa shape index (κ3) is 16.4. The highest BCUT2D eigenvalue weighted by Gasteiger charge is 2.15. The molecule has 3 aromatic heterocycles. The van der Waals surface area contributed by atoms with Gasteiger partial charge in [0.1, 0.15) is 11.2 Å². The monoisotopic (exact) mass is 1370 g/mol. The Bertz CT molecular complexity index is 6040. The lowest BCUT2D eigenvalue weighted by atomic mass is 9.97. The van der Waals surface area contributed by atoms with E-state index in [0.29, 0.717) is 0 Å². The Labute approximate surface area is 623 Å². The van der Waals surface area contributed by atoms with Gasteiger partial charge in [-0.25, -0.2) is 0 Å². The van der Waals surface area contributed by atoms with Crippen LogP contribution in [-0.4, -0.2) is 9.13 Å². The zero-order chi connectivity index (χ0) is 72.7. The fourth-order valence-corrected chi connectivity index (χ4v) is 14.0. The smallest absolute Gasteiger partial charge is 0.138 e. The van der Waals surface area contributed by atoms with Crippen molar-refractivity contribution in [3.63, 3.8) is 0 Å². The maximum atomic E-state index is 5.78. The molecule has 0 amide bonds. The first kappa shape index (κ1) is 70.0. The molecule has 106 heavy (non-hydrogen) atoms. The second-order valence-corrected chi connectivity index (χ2v) is 27.3. The predicted octanol–water partition coefficient (Wildman–Crippen LogP) is 28.5. The van der Waals surface area contributed by atoms with Crippen molar-refractivity contribution in [2.24, 2.45) is 14.1 Å². The minimum absolute atomic E-state index is 0.969. The zero-order valence-electron chi connectivity index (χ0n) is 61.3. The molecule has 0 spiro atoms. The molecular weight excluding hydrogens is 1280 g/mol. The van der Waals surface area contributed by atoms with Crippen molar-refractivity contribution in [3.05, 3.63) is 422 Å². The number of furan rings is 1. The van der Waals surface area contributed by atoms with Gasteiger partial charge in [-0.15, -0.1) is 0 Å². The predicted molar refractivity (Wildman–Crippen MR) is 456 cm³/mol. The van der Waals surface area contributed by atoms with Crippen LogP contribution in [0.4, 0.5) is 0 Å². The molecule has 0 saturated heterocycles. The first-order chi connectivity index (χ1) is 52.0. The SMILES string of the molecule is Cc1cc(-c2ccccc2)cc(-c2ccccc2)c1.Cc1ccc(-c2ccccc2)cc1.Cc1cccc(-c2ccccc2)c1.Cc1cccc2c1oc1ccccc12.Cc1ccccc1.Cn1c2ccccc2c2cc(-c3ccc4c(c3)c3cc(-c5ccc(-c6ccccc6)cc5)ccc3n4C)ccc21. The van der Waals surface area contributed by atoms with E-state index in [4.69, 9.17) is 4.42 Å². The van der Waals surface area contributed by atoms with E-state index in [-0.39, 0.29) is 0 Å². The summed E-state index contributed by atoms with van der Waals surface area (Å²) >= 11 is 0. The molecule has 19 aromatic rings. The number of para-hydroxylation sites is 3. The van der Waals surface area contributed by atoms with Crippen LogP contribution in [0.5, 0.6) is 0 Å². The van der Waals surface area contributed by atoms with Crippen molar-refractivity contribution in [1.82, 2.24) is 9.13 Å². The summed E-state index contributed by atoms with van der Waals surface area (Å²) in [5, 5.41) is 7.59. The Balaban J connectivity index is 0.000000119. The highest BCUT2D eigenvalue weighted by molar-refractivity contribution is 6.12. The normalized spacial score (nSPS) is 10.8. The van der Waals surface area contributed by atoms with Crippen LogP contribution in [0.15, 0.2) is 399 Å². The van der Waals surface area contributed by atoms with Gasteiger partial charge in [0.2, 0.25) is 0 Å². The van der Waals surface area contributed by atoms with Crippen molar-refractivity contribution in [2.45, 2.75) is 34.6 Å². The average Bonchev–Trinajstić information content (AvgIpc) is 1.60. The lowest BCUT2D eigenvalue weighted by Crippen LogP contribution is -1.87. The summed E-state index contributed by atoms with van der Waals surface area (Å²) in [6.45, 7) is 10.5. The quantitative estimate of drug-likeness (QED) is 0.156. The average molecular weight is 1370 g/mol. The number of hydrogen-bond donors (Lipinski definition) is 0. The minimum Gasteiger partial charge on any atom is -0.456 e. The van der Waals surface area contributed by atoms with Crippen LogP contribution in [0, 0.1) is 34.6 Å². The summed E-state index contributed by atoms with van der Waals surface area (Å²) < 4.78 is 10.4. The molecule has 0 N–H and O–H groups in total. The largest absolute Gasteiger partial charge is 0.456 e. The summed E-state index contributed by atoms with van der Waals surface area (Å²) in [6.07, 6.45) is 0. The van der Waals surface area contributed by atoms with Gasteiger partial charge in [0.25, 0.3) is 0 Å². The van der Waals surface area contributed by atoms with Crippen molar-refractivity contribution in [1.29, 1.82) is 0 Å². The number of hydrogen-bond acceptors (Lipinski definition) is 1. The Kier molecular flexibility index (Phi) is 21.7. The van der Waals surface area contributed by atoms with Gasteiger partial charge in [-0.05, 0) is 178 Å².